The van der Waals surface area contributed by atoms with E-state index < -0.39 is 34.3 Å². The Kier molecular flexibility index (Phi) is 5.33. The molecule has 3 N–H and O–H groups in total. The maximum absolute atomic E-state index is 15.1. The van der Waals surface area contributed by atoms with Gasteiger partial charge in [-0.2, -0.15) is 8.78 Å². The minimum absolute atomic E-state index is 0.0238. The molecule has 6 nitrogen and oxygen atoms in total. The summed E-state index contributed by atoms with van der Waals surface area (Å²) >= 11 is 0. The Morgan fingerprint density at radius 2 is 1.78 bits per heavy atom. The summed E-state index contributed by atoms with van der Waals surface area (Å²) in [4.78, 5) is 9.14. The number of aliphatic hydroxyl groups is 1. The lowest BCUT2D eigenvalue weighted by Crippen LogP contribution is -2.55. The summed E-state index contributed by atoms with van der Waals surface area (Å²) < 4.78 is 65.9. The Morgan fingerprint density at radius 1 is 1.05 bits per heavy atom. The van der Waals surface area contributed by atoms with Crippen molar-refractivity contribution in [1.82, 2.24) is 14.4 Å². The zero-order valence-electron chi connectivity index (χ0n) is 19.7. The van der Waals surface area contributed by atoms with Crippen LogP contribution in [-0.4, -0.2) is 38.3 Å². The molecular weight excluding hydrogens is 488 g/mol. The molecule has 2 aromatic carbocycles. The Morgan fingerprint density at radius 3 is 2.43 bits per heavy atom. The highest BCUT2D eigenvalue weighted by Crippen LogP contribution is 2.50. The molecule has 0 radical (unpaired) electrons. The lowest BCUT2D eigenvalue weighted by Gasteiger charge is -2.51. The van der Waals surface area contributed by atoms with E-state index in [4.69, 9.17) is 15.5 Å². The van der Waals surface area contributed by atoms with Gasteiger partial charge >= 0.3 is 5.92 Å². The largest absolute Gasteiger partial charge is 0.393 e. The monoisotopic (exact) mass is 512 g/mol. The van der Waals surface area contributed by atoms with Gasteiger partial charge in [-0.05, 0) is 37.8 Å². The van der Waals surface area contributed by atoms with E-state index in [9.17, 15) is 13.9 Å². The summed E-state index contributed by atoms with van der Waals surface area (Å²) in [6.45, 7) is 0.378. The first-order valence-corrected chi connectivity index (χ1v) is 12.0. The third kappa shape index (κ3) is 3.53. The summed E-state index contributed by atoms with van der Waals surface area (Å²) in [5.41, 5.74) is 5.40. The first-order valence-electron chi connectivity index (χ1n) is 12.0. The fourth-order valence-corrected chi connectivity index (χ4v) is 5.63. The van der Waals surface area contributed by atoms with Gasteiger partial charge in [-0.15, -0.1) is 0 Å². The van der Waals surface area contributed by atoms with Gasteiger partial charge in [-0.3, -0.25) is 4.40 Å². The third-order valence-electron chi connectivity index (χ3n) is 7.93. The molecule has 1 aliphatic carbocycles. The highest BCUT2D eigenvalue weighted by atomic mass is 19.3. The predicted octanol–water partition coefficient (Wildman–Crippen LogP) is 4.97. The quantitative estimate of drug-likeness (QED) is 0.369. The molecule has 0 spiro atoms. The molecule has 2 saturated heterocycles. The van der Waals surface area contributed by atoms with Crippen LogP contribution in [0.4, 0.5) is 23.4 Å². The summed E-state index contributed by atoms with van der Waals surface area (Å²) in [6.07, 6.45) is 6.31. The predicted molar refractivity (Wildman–Crippen MR) is 128 cm³/mol. The van der Waals surface area contributed by atoms with Crippen molar-refractivity contribution in [3.05, 3.63) is 83.4 Å². The van der Waals surface area contributed by atoms with Crippen molar-refractivity contribution in [3.63, 3.8) is 0 Å². The molecule has 37 heavy (non-hydrogen) atoms. The smallest absolute Gasteiger partial charge is 0.301 e. The molecule has 4 heterocycles. The lowest BCUT2D eigenvalue weighted by molar-refractivity contribution is -0.177. The number of alkyl halides is 2. The highest BCUT2D eigenvalue weighted by molar-refractivity contribution is 5.85. The average molecular weight is 513 g/mol. The number of fused-ring (bicyclic) bond motifs is 4. The highest BCUT2D eigenvalue weighted by Gasteiger charge is 2.52. The lowest BCUT2D eigenvalue weighted by atomic mass is 9.66. The molecule has 3 fully saturated rings. The Balaban J connectivity index is 1.42. The molecule has 0 atom stereocenters. The molecule has 3 aliphatic rings. The van der Waals surface area contributed by atoms with Crippen LogP contribution in [0, 0.1) is 11.6 Å². The van der Waals surface area contributed by atoms with Crippen molar-refractivity contribution < 1.29 is 27.4 Å². The van der Waals surface area contributed by atoms with E-state index in [0.717, 1.165) is 36.9 Å². The van der Waals surface area contributed by atoms with Crippen LogP contribution in [0.3, 0.4) is 0 Å². The van der Waals surface area contributed by atoms with Crippen LogP contribution in [0.25, 0.3) is 16.8 Å². The normalized spacial score (nSPS) is 23.6. The summed E-state index contributed by atoms with van der Waals surface area (Å²) in [5, 5.41) is 9.80. The van der Waals surface area contributed by atoms with E-state index in [1.807, 2.05) is 4.40 Å². The molecular formula is C27H24F4N4O2. The zero-order valence-corrected chi connectivity index (χ0v) is 19.7. The first-order chi connectivity index (χ1) is 17.7. The fourth-order valence-electron chi connectivity index (χ4n) is 5.63. The molecule has 10 heteroatoms. The van der Waals surface area contributed by atoms with Gasteiger partial charge in [0.1, 0.15) is 22.9 Å². The van der Waals surface area contributed by atoms with Crippen LogP contribution in [0.1, 0.15) is 42.6 Å². The minimum Gasteiger partial charge on any atom is -0.393 e. The number of aliphatic hydroxyl groups excluding tert-OH is 1. The minimum atomic E-state index is -3.74. The molecule has 1 saturated carbocycles. The molecule has 192 valence electrons. The van der Waals surface area contributed by atoms with Gasteiger partial charge in [0.2, 0.25) is 0 Å². The van der Waals surface area contributed by atoms with E-state index in [-0.39, 0.29) is 17.8 Å². The first kappa shape index (κ1) is 23.9. The van der Waals surface area contributed by atoms with E-state index >= 15 is 8.78 Å². The SMILES string of the molecule is Nc1nccn2c(C34CCC(CO)(CC3)OC4)nc(-c3ccc(C(F)(F)c4cccc(F)c4F)cc3)c12. The van der Waals surface area contributed by atoms with Crippen LogP contribution >= 0.6 is 0 Å². The Hall–Kier alpha value is -3.50. The molecule has 0 unspecified atom stereocenters. The summed E-state index contributed by atoms with van der Waals surface area (Å²) in [7, 11) is 0. The molecule has 2 aromatic heterocycles. The van der Waals surface area contributed by atoms with E-state index in [2.05, 4.69) is 4.98 Å². The molecule has 0 amide bonds. The van der Waals surface area contributed by atoms with Gasteiger partial charge in [0, 0.05) is 23.5 Å². The number of anilines is 1. The number of aromatic nitrogens is 3. The maximum atomic E-state index is 15.1. The molecule has 7 rings (SSSR count). The zero-order chi connectivity index (χ0) is 26.0. The maximum Gasteiger partial charge on any atom is 0.301 e. The van der Waals surface area contributed by atoms with Gasteiger partial charge in [-0.25, -0.2) is 18.7 Å². The number of rotatable bonds is 5. The summed E-state index contributed by atoms with van der Waals surface area (Å²) in [6, 6.07) is 8.00. The van der Waals surface area contributed by atoms with Gasteiger partial charge in [0.05, 0.1) is 29.8 Å². The summed E-state index contributed by atoms with van der Waals surface area (Å²) in [5.74, 6) is -5.67. The number of benzene rings is 2. The number of nitrogen functional groups attached to an aromatic ring is 1. The Bertz CT molecular complexity index is 1480. The second-order valence-electron chi connectivity index (χ2n) is 9.98. The second-order valence-corrected chi connectivity index (χ2v) is 9.98. The Labute approximate surface area is 209 Å². The van der Waals surface area contributed by atoms with Crippen molar-refractivity contribution in [2.45, 2.75) is 42.6 Å². The number of ether oxygens (including phenoxy) is 1. The molecule has 4 aromatic rings. The van der Waals surface area contributed by atoms with Gasteiger partial charge in [-0.1, -0.05) is 30.3 Å². The van der Waals surface area contributed by atoms with Crippen LogP contribution < -0.4 is 5.73 Å². The van der Waals surface area contributed by atoms with Gasteiger partial charge in [0.15, 0.2) is 11.6 Å². The number of imidazole rings is 1. The number of nitrogens with zero attached hydrogens (tertiary/aromatic N) is 3. The standard InChI is InChI=1S/C27H24F4N4O2/c28-19-3-1-2-18(20(19)29)27(30,31)17-6-4-16(5-7-17)21-22-23(32)33-12-13-35(22)24(34-21)25-8-10-26(14-36,11-9-25)37-15-25/h1-7,12-13,36H,8-11,14-15H2,(H2,32,33). The average Bonchev–Trinajstić information content (AvgIpc) is 3.33. The van der Waals surface area contributed by atoms with Crippen LogP contribution in [-0.2, 0) is 16.1 Å². The van der Waals surface area contributed by atoms with Crippen molar-refractivity contribution in [2.75, 3.05) is 18.9 Å². The van der Waals surface area contributed by atoms with Crippen molar-refractivity contribution in [1.29, 1.82) is 0 Å². The van der Waals surface area contributed by atoms with E-state index in [1.165, 1.54) is 24.3 Å². The number of hydrogen-bond donors (Lipinski definition) is 2. The van der Waals surface area contributed by atoms with Crippen molar-refractivity contribution >= 4 is 11.3 Å². The number of nitrogens with two attached hydrogens (primary N) is 1. The van der Waals surface area contributed by atoms with Crippen LogP contribution in [0.5, 0.6) is 0 Å². The van der Waals surface area contributed by atoms with Gasteiger partial charge < -0.3 is 15.6 Å². The number of halogens is 4. The van der Waals surface area contributed by atoms with Crippen LogP contribution in [0.15, 0.2) is 54.9 Å². The van der Waals surface area contributed by atoms with E-state index in [1.54, 1.807) is 12.4 Å². The second kappa shape index (κ2) is 8.26. The third-order valence-corrected chi connectivity index (χ3v) is 7.93. The van der Waals surface area contributed by atoms with E-state index in [0.29, 0.717) is 36.2 Å². The molecule has 2 aliphatic heterocycles. The van der Waals surface area contributed by atoms with Crippen LogP contribution in [0.2, 0.25) is 0 Å². The fraction of sp³-hybridized carbons (Fsp3) is 0.333. The van der Waals surface area contributed by atoms with Crippen molar-refractivity contribution in [2.24, 2.45) is 0 Å². The van der Waals surface area contributed by atoms with Crippen molar-refractivity contribution in [3.8, 4) is 11.3 Å². The number of hydrogen-bond acceptors (Lipinski definition) is 5. The molecule has 2 bridgehead atoms. The van der Waals surface area contributed by atoms with Gasteiger partial charge in [0.25, 0.3) is 0 Å². The topological polar surface area (TPSA) is 85.7 Å².